The molecule has 1 aromatic rings. The van der Waals surface area contributed by atoms with Crippen molar-refractivity contribution in [1.29, 1.82) is 0 Å². The first-order chi connectivity index (χ1) is 6.86. The number of phenols is 1. The first-order valence-electron chi connectivity index (χ1n) is 4.30. The van der Waals surface area contributed by atoms with Crippen molar-refractivity contribution in [3.05, 3.63) is 28.8 Å². The lowest BCUT2D eigenvalue weighted by Gasteiger charge is -2.10. The SMILES string of the molecule is CC(C)c1cc(F)c(C(=O)O)c(O)c1F. The van der Waals surface area contributed by atoms with Gasteiger partial charge in [0.05, 0.1) is 0 Å². The van der Waals surface area contributed by atoms with E-state index in [1.165, 1.54) is 0 Å². The predicted octanol–water partition coefficient (Wildman–Crippen LogP) is 2.49. The Labute approximate surface area is 85.0 Å². The Kier molecular flexibility index (Phi) is 2.93. The average molecular weight is 216 g/mol. The van der Waals surface area contributed by atoms with E-state index in [9.17, 15) is 18.7 Å². The zero-order chi connectivity index (χ0) is 11.7. The minimum Gasteiger partial charge on any atom is -0.504 e. The molecule has 0 aromatic heterocycles. The Bertz CT molecular complexity index is 414. The number of benzene rings is 1. The summed E-state index contributed by atoms with van der Waals surface area (Å²) in [4.78, 5) is 10.5. The molecule has 0 radical (unpaired) electrons. The van der Waals surface area contributed by atoms with Crippen molar-refractivity contribution in [3.8, 4) is 5.75 Å². The average Bonchev–Trinajstić information content (AvgIpc) is 2.10. The highest BCUT2D eigenvalue weighted by atomic mass is 19.1. The van der Waals surface area contributed by atoms with E-state index in [1.54, 1.807) is 13.8 Å². The van der Waals surface area contributed by atoms with Gasteiger partial charge < -0.3 is 10.2 Å². The third-order valence-electron chi connectivity index (χ3n) is 2.06. The Hall–Kier alpha value is -1.65. The van der Waals surface area contributed by atoms with Gasteiger partial charge in [-0.05, 0) is 17.5 Å². The van der Waals surface area contributed by atoms with Gasteiger partial charge in [-0.2, -0.15) is 0 Å². The van der Waals surface area contributed by atoms with Crippen LogP contribution >= 0.6 is 0 Å². The van der Waals surface area contributed by atoms with Gasteiger partial charge >= 0.3 is 5.97 Å². The van der Waals surface area contributed by atoms with Crippen LogP contribution in [0.1, 0.15) is 35.7 Å². The molecule has 2 N–H and O–H groups in total. The Morgan fingerprint density at radius 3 is 2.33 bits per heavy atom. The molecule has 0 aliphatic rings. The monoisotopic (exact) mass is 216 g/mol. The number of carboxylic acid groups (broad SMARTS) is 1. The van der Waals surface area contributed by atoms with E-state index in [1.807, 2.05) is 0 Å². The fourth-order valence-corrected chi connectivity index (χ4v) is 1.26. The van der Waals surface area contributed by atoms with Crippen molar-refractivity contribution in [2.75, 3.05) is 0 Å². The highest BCUT2D eigenvalue weighted by Crippen LogP contribution is 2.31. The fourth-order valence-electron chi connectivity index (χ4n) is 1.26. The molecule has 0 aliphatic carbocycles. The lowest BCUT2D eigenvalue weighted by Crippen LogP contribution is -2.06. The summed E-state index contributed by atoms with van der Waals surface area (Å²) in [6, 6.07) is 0.795. The van der Waals surface area contributed by atoms with E-state index >= 15 is 0 Å². The molecule has 0 heterocycles. The molecule has 0 saturated heterocycles. The first kappa shape index (κ1) is 11.4. The van der Waals surface area contributed by atoms with Gasteiger partial charge in [0.1, 0.15) is 11.4 Å². The maximum atomic E-state index is 13.4. The van der Waals surface area contributed by atoms with E-state index in [0.717, 1.165) is 6.07 Å². The van der Waals surface area contributed by atoms with Crippen molar-refractivity contribution in [2.45, 2.75) is 19.8 Å². The van der Waals surface area contributed by atoms with Crippen LogP contribution in [0.3, 0.4) is 0 Å². The maximum Gasteiger partial charge on any atom is 0.342 e. The molecule has 0 spiro atoms. The Morgan fingerprint density at radius 2 is 1.93 bits per heavy atom. The molecule has 0 amide bonds. The molecule has 0 aliphatic heterocycles. The third-order valence-corrected chi connectivity index (χ3v) is 2.06. The van der Waals surface area contributed by atoms with Gasteiger partial charge in [0.2, 0.25) is 0 Å². The van der Waals surface area contributed by atoms with Crippen molar-refractivity contribution in [2.24, 2.45) is 0 Å². The molecule has 82 valence electrons. The third kappa shape index (κ3) is 1.91. The number of aromatic hydroxyl groups is 1. The summed E-state index contributed by atoms with van der Waals surface area (Å²) in [6.07, 6.45) is 0. The molecule has 15 heavy (non-hydrogen) atoms. The van der Waals surface area contributed by atoms with Gasteiger partial charge in [0.15, 0.2) is 11.6 Å². The van der Waals surface area contributed by atoms with Gasteiger partial charge in [-0.15, -0.1) is 0 Å². The highest BCUT2D eigenvalue weighted by Gasteiger charge is 2.23. The fraction of sp³-hybridized carbons (Fsp3) is 0.300. The normalized spacial score (nSPS) is 10.7. The van der Waals surface area contributed by atoms with Crippen LogP contribution in [0.15, 0.2) is 6.07 Å². The first-order valence-corrected chi connectivity index (χ1v) is 4.30. The number of hydrogen-bond donors (Lipinski definition) is 2. The summed E-state index contributed by atoms with van der Waals surface area (Å²) in [6.45, 7) is 3.22. The van der Waals surface area contributed by atoms with Crippen molar-refractivity contribution in [3.63, 3.8) is 0 Å². The van der Waals surface area contributed by atoms with Crippen LogP contribution in [0.4, 0.5) is 8.78 Å². The number of carboxylic acids is 1. The number of halogens is 2. The lowest BCUT2D eigenvalue weighted by molar-refractivity contribution is 0.0687. The molecule has 1 rings (SSSR count). The van der Waals surface area contributed by atoms with Crippen LogP contribution in [0.2, 0.25) is 0 Å². The van der Waals surface area contributed by atoms with Crippen molar-refractivity contribution >= 4 is 5.97 Å². The second-order valence-corrected chi connectivity index (χ2v) is 3.45. The molecule has 0 fully saturated rings. The quantitative estimate of drug-likeness (QED) is 0.798. The summed E-state index contributed by atoms with van der Waals surface area (Å²) in [5.41, 5.74) is -1.08. The highest BCUT2D eigenvalue weighted by molar-refractivity contribution is 5.91. The lowest BCUT2D eigenvalue weighted by atomic mass is 9.99. The molecule has 3 nitrogen and oxygen atoms in total. The van der Waals surface area contributed by atoms with Gasteiger partial charge in [0.25, 0.3) is 0 Å². The smallest absolute Gasteiger partial charge is 0.342 e. The standard InChI is InChI=1S/C10H10F2O3/c1-4(2)5-3-6(11)7(10(14)15)9(13)8(5)12/h3-4,13H,1-2H3,(H,14,15). The van der Waals surface area contributed by atoms with Crippen LogP contribution in [0, 0.1) is 11.6 Å². The summed E-state index contributed by atoms with van der Waals surface area (Å²) in [5, 5.41) is 17.7. The number of hydrogen-bond acceptors (Lipinski definition) is 2. The second kappa shape index (κ2) is 3.84. The van der Waals surface area contributed by atoms with E-state index in [4.69, 9.17) is 5.11 Å². The summed E-state index contributed by atoms with van der Waals surface area (Å²) in [7, 11) is 0. The molecule has 5 heteroatoms. The molecular formula is C10H10F2O3. The molecular weight excluding hydrogens is 206 g/mol. The van der Waals surface area contributed by atoms with Crippen LogP contribution in [0.25, 0.3) is 0 Å². The largest absolute Gasteiger partial charge is 0.504 e. The van der Waals surface area contributed by atoms with Gasteiger partial charge in [-0.25, -0.2) is 13.6 Å². The predicted molar refractivity (Wildman–Crippen MR) is 49.1 cm³/mol. The summed E-state index contributed by atoms with van der Waals surface area (Å²) in [5.74, 6) is -5.40. The van der Waals surface area contributed by atoms with Crippen LogP contribution in [-0.4, -0.2) is 16.2 Å². The van der Waals surface area contributed by atoms with Crippen LogP contribution in [0.5, 0.6) is 5.75 Å². The van der Waals surface area contributed by atoms with E-state index < -0.39 is 28.9 Å². The molecule has 0 unspecified atom stereocenters. The number of aromatic carboxylic acids is 1. The van der Waals surface area contributed by atoms with Gasteiger partial charge in [-0.1, -0.05) is 13.8 Å². The van der Waals surface area contributed by atoms with Gasteiger partial charge in [0, 0.05) is 0 Å². The van der Waals surface area contributed by atoms with Crippen molar-refractivity contribution in [1.82, 2.24) is 0 Å². The van der Waals surface area contributed by atoms with Crippen LogP contribution in [-0.2, 0) is 0 Å². The maximum absolute atomic E-state index is 13.4. The van der Waals surface area contributed by atoms with E-state index in [2.05, 4.69) is 0 Å². The Balaban J connectivity index is 3.51. The molecule has 0 saturated carbocycles. The summed E-state index contributed by atoms with van der Waals surface area (Å²) < 4.78 is 26.6. The number of rotatable bonds is 2. The van der Waals surface area contributed by atoms with Gasteiger partial charge in [-0.3, -0.25) is 0 Å². The zero-order valence-corrected chi connectivity index (χ0v) is 8.21. The minimum absolute atomic E-state index is 0.0463. The molecule has 1 aromatic carbocycles. The summed E-state index contributed by atoms with van der Waals surface area (Å²) >= 11 is 0. The minimum atomic E-state index is -1.70. The molecule has 0 atom stereocenters. The number of carbonyl (C=O) groups is 1. The van der Waals surface area contributed by atoms with Crippen LogP contribution < -0.4 is 0 Å². The topological polar surface area (TPSA) is 57.5 Å². The zero-order valence-electron chi connectivity index (χ0n) is 8.21. The van der Waals surface area contributed by atoms with Crippen molar-refractivity contribution < 1.29 is 23.8 Å². The Morgan fingerprint density at radius 1 is 1.40 bits per heavy atom. The van der Waals surface area contributed by atoms with E-state index in [0.29, 0.717) is 0 Å². The second-order valence-electron chi connectivity index (χ2n) is 3.45. The van der Waals surface area contributed by atoms with E-state index in [-0.39, 0.29) is 11.5 Å². The molecule has 0 bridgehead atoms.